The van der Waals surface area contributed by atoms with E-state index in [0.717, 1.165) is 11.6 Å². The second kappa shape index (κ2) is 6.65. The average molecular weight is 334 g/mol. The summed E-state index contributed by atoms with van der Waals surface area (Å²) in [5.41, 5.74) is 1.34. The van der Waals surface area contributed by atoms with Crippen LogP contribution in [-0.2, 0) is 14.3 Å². The molecule has 0 radical (unpaired) electrons. The summed E-state index contributed by atoms with van der Waals surface area (Å²) in [7, 11) is -4.02. The lowest BCUT2D eigenvalue weighted by Gasteiger charge is -2.10. The van der Waals surface area contributed by atoms with Crippen LogP contribution < -0.4 is 0 Å². The van der Waals surface area contributed by atoms with Gasteiger partial charge in [-0.15, -0.1) is 0 Å². The molecule has 6 heteroatoms. The third-order valence-electron chi connectivity index (χ3n) is 2.81. The van der Waals surface area contributed by atoms with Crippen LogP contribution in [0.4, 0.5) is 0 Å². The largest absolute Gasteiger partial charge is 0.378 e. The van der Waals surface area contributed by atoms with Gasteiger partial charge in [-0.05, 0) is 31.2 Å². The predicted octanol–water partition coefficient (Wildman–Crippen LogP) is 3.92. The summed E-state index contributed by atoms with van der Waals surface area (Å²) < 4.78 is 29.7. The van der Waals surface area contributed by atoms with Gasteiger partial charge in [0.05, 0.1) is 12.1 Å². The summed E-state index contributed by atoms with van der Waals surface area (Å²) >= 11 is 5.88. The molecule has 2 rings (SSSR count). The molecule has 0 amide bonds. The normalized spacial score (nSPS) is 11.8. The molecule has 22 heavy (non-hydrogen) atoms. The molecule has 0 aliphatic rings. The summed E-state index contributed by atoms with van der Waals surface area (Å²) in [5, 5.41) is 9.25. The van der Waals surface area contributed by atoms with Gasteiger partial charge in [-0.1, -0.05) is 41.4 Å². The van der Waals surface area contributed by atoms with E-state index in [1.165, 1.54) is 18.2 Å². The number of aryl methyl sites for hydroxylation is 1. The molecule has 0 aliphatic heterocycles. The number of rotatable bonds is 4. The minimum Gasteiger partial charge on any atom is -0.378 e. The highest BCUT2D eigenvalue weighted by Crippen LogP contribution is 2.24. The summed E-state index contributed by atoms with van der Waals surface area (Å²) in [4.78, 5) is 0.0176. The minimum atomic E-state index is -4.02. The van der Waals surface area contributed by atoms with E-state index in [-0.39, 0.29) is 10.7 Å². The molecule has 4 nitrogen and oxygen atoms in total. The van der Waals surface area contributed by atoms with Gasteiger partial charge in [0.15, 0.2) is 5.76 Å². The van der Waals surface area contributed by atoms with E-state index in [4.69, 9.17) is 21.0 Å². The molecule has 0 unspecified atom stereocenters. The molecule has 0 saturated heterocycles. The van der Waals surface area contributed by atoms with Crippen LogP contribution in [0, 0.1) is 18.3 Å². The maximum atomic E-state index is 12.3. The van der Waals surface area contributed by atoms with Crippen molar-refractivity contribution < 1.29 is 12.6 Å². The van der Waals surface area contributed by atoms with Crippen molar-refractivity contribution in [2.24, 2.45) is 0 Å². The lowest BCUT2D eigenvalue weighted by atomic mass is 10.2. The predicted molar refractivity (Wildman–Crippen MR) is 84.5 cm³/mol. The first-order valence-electron chi connectivity index (χ1n) is 6.29. The zero-order chi connectivity index (χ0) is 16.2. The van der Waals surface area contributed by atoms with Crippen molar-refractivity contribution in [3.05, 3.63) is 70.8 Å². The Bertz CT molecular complexity index is 850. The SMILES string of the molecule is Cc1ccc(S(=O)(=O)O/C(=C/C#N)c2cccc(Cl)c2)cc1. The monoisotopic (exact) mass is 333 g/mol. The van der Waals surface area contributed by atoms with Crippen LogP contribution in [0.5, 0.6) is 0 Å². The molecule has 0 aromatic heterocycles. The third-order valence-corrected chi connectivity index (χ3v) is 4.30. The van der Waals surface area contributed by atoms with Crippen molar-refractivity contribution in [2.45, 2.75) is 11.8 Å². The summed E-state index contributed by atoms with van der Waals surface area (Å²) in [6.45, 7) is 1.85. The van der Waals surface area contributed by atoms with E-state index in [0.29, 0.717) is 10.6 Å². The van der Waals surface area contributed by atoms with Crippen molar-refractivity contribution >= 4 is 27.5 Å². The number of nitrogens with zero attached hydrogens (tertiary/aromatic N) is 1. The zero-order valence-corrected chi connectivity index (χ0v) is 13.2. The van der Waals surface area contributed by atoms with E-state index < -0.39 is 10.1 Å². The van der Waals surface area contributed by atoms with E-state index in [9.17, 15) is 8.42 Å². The van der Waals surface area contributed by atoms with Gasteiger partial charge < -0.3 is 4.18 Å². The molecule has 112 valence electrons. The van der Waals surface area contributed by atoms with Crippen LogP contribution in [-0.4, -0.2) is 8.42 Å². The van der Waals surface area contributed by atoms with E-state index >= 15 is 0 Å². The summed E-state index contributed by atoms with van der Waals surface area (Å²) in [6, 6.07) is 14.4. The third kappa shape index (κ3) is 3.88. The number of hydrogen-bond acceptors (Lipinski definition) is 4. The fourth-order valence-corrected chi connectivity index (χ4v) is 2.86. The molecule has 0 heterocycles. The average Bonchev–Trinajstić information content (AvgIpc) is 2.47. The number of hydrogen-bond donors (Lipinski definition) is 0. The van der Waals surface area contributed by atoms with Gasteiger partial charge in [-0.2, -0.15) is 13.7 Å². The molecular formula is C16H12ClNO3S. The van der Waals surface area contributed by atoms with Gasteiger partial charge in [0.1, 0.15) is 4.90 Å². The highest BCUT2D eigenvalue weighted by atomic mass is 35.5. The molecule has 0 atom stereocenters. The number of nitriles is 1. The minimum absolute atomic E-state index is 0.0176. The van der Waals surface area contributed by atoms with Crippen LogP contribution >= 0.6 is 11.6 Å². The smallest absolute Gasteiger partial charge is 0.339 e. The molecule has 0 bridgehead atoms. The van der Waals surface area contributed by atoms with E-state index in [2.05, 4.69) is 0 Å². The van der Waals surface area contributed by atoms with Crippen LogP contribution in [0.15, 0.2) is 59.5 Å². The Morgan fingerprint density at radius 2 is 1.91 bits per heavy atom. The summed E-state index contributed by atoms with van der Waals surface area (Å²) in [6.07, 6.45) is 1.03. The highest BCUT2D eigenvalue weighted by molar-refractivity contribution is 7.87. The van der Waals surface area contributed by atoms with Crippen molar-refractivity contribution in [2.75, 3.05) is 0 Å². The van der Waals surface area contributed by atoms with Crippen LogP contribution in [0.25, 0.3) is 5.76 Å². The topological polar surface area (TPSA) is 67.2 Å². The molecule has 0 saturated carbocycles. The molecule has 2 aromatic rings. The van der Waals surface area contributed by atoms with Crippen molar-refractivity contribution in [3.8, 4) is 6.07 Å². The number of halogens is 1. The second-order valence-electron chi connectivity index (χ2n) is 4.50. The molecular weight excluding hydrogens is 322 g/mol. The van der Waals surface area contributed by atoms with Crippen LogP contribution in [0.2, 0.25) is 5.02 Å². The molecule has 0 aliphatic carbocycles. The van der Waals surface area contributed by atoms with Crippen molar-refractivity contribution in [3.63, 3.8) is 0 Å². The first-order chi connectivity index (χ1) is 10.4. The zero-order valence-electron chi connectivity index (χ0n) is 11.7. The Hall–Kier alpha value is -2.29. The first-order valence-corrected chi connectivity index (χ1v) is 8.08. The van der Waals surface area contributed by atoms with Crippen molar-refractivity contribution in [1.29, 1.82) is 5.26 Å². The molecule has 0 fully saturated rings. The fourth-order valence-electron chi connectivity index (χ4n) is 1.73. The maximum absolute atomic E-state index is 12.3. The fraction of sp³-hybridized carbons (Fsp3) is 0.0625. The molecule has 0 spiro atoms. The second-order valence-corrected chi connectivity index (χ2v) is 6.48. The maximum Gasteiger partial charge on any atom is 0.339 e. The Morgan fingerprint density at radius 1 is 1.23 bits per heavy atom. The Kier molecular flexibility index (Phi) is 4.86. The molecule has 0 N–H and O–H groups in total. The van der Waals surface area contributed by atoms with Gasteiger partial charge >= 0.3 is 10.1 Å². The number of allylic oxidation sites excluding steroid dienone is 1. The quantitative estimate of drug-likeness (QED) is 0.483. The number of benzene rings is 2. The van der Waals surface area contributed by atoms with Crippen molar-refractivity contribution in [1.82, 2.24) is 0 Å². The highest BCUT2D eigenvalue weighted by Gasteiger charge is 2.19. The van der Waals surface area contributed by atoms with Gasteiger partial charge in [0.25, 0.3) is 0 Å². The Morgan fingerprint density at radius 3 is 2.50 bits per heavy atom. The standard InChI is InChI=1S/C16H12ClNO3S/c1-12-5-7-15(8-6-12)22(19,20)21-16(9-10-18)13-3-2-4-14(17)11-13/h2-9,11H,1H3/b16-9+. The van der Waals surface area contributed by atoms with Gasteiger partial charge in [0, 0.05) is 10.6 Å². The van der Waals surface area contributed by atoms with Gasteiger partial charge in [-0.25, -0.2) is 0 Å². The first kappa shape index (κ1) is 16.1. The molecule has 2 aromatic carbocycles. The Labute approximate surface area is 134 Å². The van der Waals surface area contributed by atoms with Crippen LogP contribution in [0.3, 0.4) is 0 Å². The summed E-state index contributed by atoms with van der Waals surface area (Å²) in [5.74, 6) is -0.0782. The van der Waals surface area contributed by atoms with Gasteiger partial charge in [-0.3, -0.25) is 0 Å². The lowest BCUT2D eigenvalue weighted by molar-refractivity contribution is 0.463. The lowest BCUT2D eigenvalue weighted by Crippen LogP contribution is -2.06. The van der Waals surface area contributed by atoms with E-state index in [1.807, 2.05) is 6.92 Å². The van der Waals surface area contributed by atoms with Gasteiger partial charge in [0.2, 0.25) is 0 Å². The van der Waals surface area contributed by atoms with Crippen LogP contribution in [0.1, 0.15) is 11.1 Å². The Balaban J connectivity index is 2.38. The van der Waals surface area contributed by atoms with E-state index in [1.54, 1.807) is 36.4 Å².